The van der Waals surface area contributed by atoms with Crippen molar-refractivity contribution in [2.75, 3.05) is 79.3 Å². The number of amides is 5. The van der Waals surface area contributed by atoms with Gasteiger partial charge in [0, 0.05) is 34.6 Å². The Bertz CT molecular complexity index is 4130. The number of aliphatic hydroxyl groups is 33. The van der Waals surface area contributed by atoms with E-state index in [2.05, 4.69) is 26.6 Å². The molecule has 5 amide bonds. The average molecular weight is 2170 g/mol. The minimum atomic E-state index is -2.76. The number of hydrogen-bond donors (Lipinski definition) is 38. The van der Waals surface area contributed by atoms with Crippen molar-refractivity contribution in [3.8, 4) is 0 Å². The highest BCUT2D eigenvalue weighted by atomic mass is 16.8. The van der Waals surface area contributed by atoms with Crippen molar-refractivity contribution in [1.82, 2.24) is 26.6 Å². The van der Waals surface area contributed by atoms with E-state index in [1.54, 1.807) is 0 Å². The lowest BCUT2D eigenvalue weighted by molar-refractivity contribution is -0.407. The summed E-state index contributed by atoms with van der Waals surface area (Å²) in [7, 11) is 0. The highest BCUT2D eigenvalue weighted by Crippen LogP contribution is 2.44. The van der Waals surface area contributed by atoms with Gasteiger partial charge in [0.2, 0.25) is 29.5 Å². The van der Waals surface area contributed by atoms with Gasteiger partial charge >= 0.3 is 0 Å². The highest BCUT2D eigenvalue weighted by Gasteiger charge is 2.64. The first kappa shape index (κ1) is 122. The molecule has 66 heteroatoms. The average Bonchev–Trinajstić information content (AvgIpc) is 0.760. The Balaban J connectivity index is 0.939. The maximum atomic E-state index is 13.5. The SMILES string of the molecule is CC(=O)N[C@@H]1[C@@H](O)[C@H](O[C@@H]2O[C@H](CO[C@H]3O[C@H](CO)[C@@H](O[C@@H]4O[C@H](CO)[C@@H](O[C@@H]5O[C@H](CO)[C@H](O)[C@H](O)[C@H]5O)[C@H](O)[C@H]4NC(C)=O)[C@H](O)[C@@H]3O[C@@H]3O[C@H](CO)[C@@H](O[C@@H]4O[C@H](CO)[C@H](O)[C@H](O)[C@H]4O)[C@H](O)[C@H]3NC(C)=O)[C@@H](O)[C@H](O[C@H]3O[C@H](CO)[C@@H](O[C@@H]4O[C@H](CO)[C@@H](O[C@@H]5O[C@H](CO)[C@H](O)[C@H](O)[C@H]5O)[C@H](O)[C@H]4NC(C)=O)[C@H](O)[C@@H]3O[C@@H]3O[C@H](CO)[C@@H](O[C@@H]4O[C@H](CO)[C@H](O)[C@H](O)[C@H]4O)[C@H](O)[C@H]3NC(C)=O)[C@@H]2O)[C@@H](CO)O[C@H]1O. The number of ether oxygens (including phenoxy) is 23. The normalized spacial score (nSPS) is 49.3. The van der Waals surface area contributed by atoms with Gasteiger partial charge in [-0.15, -0.1) is 0 Å². The van der Waals surface area contributed by atoms with E-state index in [4.69, 9.17) is 109 Å². The van der Waals surface area contributed by atoms with Gasteiger partial charge in [0.1, 0.15) is 293 Å². The summed E-state index contributed by atoms with van der Waals surface area (Å²) in [6, 6.07) is -10.3. The van der Waals surface area contributed by atoms with Gasteiger partial charge in [-0.2, -0.15) is 0 Å². The summed E-state index contributed by atoms with van der Waals surface area (Å²) < 4.78 is 139. The molecule has 12 rings (SSSR count). The summed E-state index contributed by atoms with van der Waals surface area (Å²) in [6.45, 7) is -10.1. The molecular weight excluding hydrogens is 2030 g/mol. The summed E-state index contributed by atoms with van der Waals surface area (Å²) in [5, 5.41) is 385. The van der Waals surface area contributed by atoms with E-state index in [1.165, 1.54) is 0 Å². The molecule has 0 aliphatic carbocycles. The van der Waals surface area contributed by atoms with Crippen molar-refractivity contribution in [3.63, 3.8) is 0 Å². The van der Waals surface area contributed by atoms with E-state index in [9.17, 15) is 192 Å². The van der Waals surface area contributed by atoms with Crippen LogP contribution in [-0.2, 0) is 133 Å². The van der Waals surface area contributed by atoms with Crippen LogP contribution >= 0.6 is 0 Å². The number of hydrogen-bond acceptors (Lipinski definition) is 61. The lowest BCUT2D eigenvalue weighted by Gasteiger charge is -2.52. The Kier molecular flexibility index (Phi) is 43.9. The zero-order valence-corrected chi connectivity index (χ0v) is 79.3. The zero-order chi connectivity index (χ0) is 109. The molecule has 12 aliphatic rings. The fourth-order valence-electron chi connectivity index (χ4n) is 19.3. The Morgan fingerprint density at radius 2 is 0.365 bits per heavy atom. The van der Waals surface area contributed by atoms with E-state index in [1.807, 2.05) is 0 Å². The van der Waals surface area contributed by atoms with Crippen LogP contribution in [0, 0.1) is 0 Å². The Labute approximate surface area is 837 Å². The molecule has 12 fully saturated rings. The van der Waals surface area contributed by atoms with E-state index in [0.29, 0.717) is 0 Å². The van der Waals surface area contributed by atoms with Crippen molar-refractivity contribution in [2.24, 2.45) is 0 Å². The van der Waals surface area contributed by atoms with Crippen LogP contribution in [0.4, 0.5) is 0 Å². The van der Waals surface area contributed by atoms with Crippen LogP contribution in [0.1, 0.15) is 34.6 Å². The molecule has 60 atom stereocenters. The molecule has 0 spiro atoms. The van der Waals surface area contributed by atoms with Crippen LogP contribution in [0.5, 0.6) is 0 Å². The summed E-state index contributed by atoms with van der Waals surface area (Å²) in [6.07, 6.45) is -122. The summed E-state index contributed by atoms with van der Waals surface area (Å²) in [5.41, 5.74) is 0. The van der Waals surface area contributed by atoms with Gasteiger partial charge in [-0.1, -0.05) is 0 Å². The maximum absolute atomic E-state index is 13.5. The van der Waals surface area contributed by atoms with Gasteiger partial charge < -0.3 is 304 Å². The molecule has 12 aliphatic heterocycles. The molecule has 38 N–H and O–H groups in total. The largest absolute Gasteiger partial charge is 0.394 e. The third-order valence-electron chi connectivity index (χ3n) is 27.1. The first-order valence-corrected chi connectivity index (χ1v) is 47.2. The van der Waals surface area contributed by atoms with Crippen LogP contribution < -0.4 is 26.6 Å². The fourth-order valence-corrected chi connectivity index (χ4v) is 19.3. The summed E-state index contributed by atoms with van der Waals surface area (Å²) in [4.78, 5) is 66.0. The minimum Gasteiger partial charge on any atom is -0.394 e. The molecule has 0 radical (unpaired) electrons. The standard InChI is InChI=1S/C82H137N5O61/c1-18(99)83-35-45(109)61(27(10-92)127-71(35)125)145-80-60(124)68(146-82-70(148-75-39(87-22(5)103)49(113)65(31(14-96)135-75)144-79-57(121)53(117)43(107)26(9-91)131-79)59(123)67(33(16-98)137-82)140-73-37(85-20(3)101)47(111)63(29(12-94)133-73)142-77-55(119)51(115)41(105)24(7-89)129-77)44(108)34(138-80)17-126-81-69(147-74-38(86-21(4)102)48(112)64(30(13-95)134-74)143-78-56(120)52(116)42(106)25(8-90)130-78)58(122)66(32(15-97)136-81)139-72-36(84-19(2)100)46(110)62(28(11-93)132-72)141-76-54(118)50(114)40(104)23(6-88)128-76/h23-82,88-98,104-125H,6-17H2,1-5H3,(H,83,99)(H,84,100)(H,85,101)(H,86,102)(H,87,103)/t23-,24-,25-,26-,27-,28-,29-,30-,31-,32-,33-,34-,35-,36-,37-,38-,39-,40+,41+,42+,43+,44-,45-,46-,47-,48-,49-,50+,51+,52+,53+,54-,55-,56-,57-,58+,59+,60+,61-,62-,63-,64-,65-,66-,67-,68+,69+,70+,71-,72+,73+,74+,75+,76+,77+,78+,79+,80+,81+,82-/m1/s1. The smallest absolute Gasteiger partial charge is 0.217 e. The van der Waals surface area contributed by atoms with E-state index in [-0.39, 0.29) is 0 Å². The van der Waals surface area contributed by atoms with Crippen molar-refractivity contribution in [2.45, 2.75) is 403 Å². The van der Waals surface area contributed by atoms with Gasteiger partial charge in [0.15, 0.2) is 75.5 Å². The van der Waals surface area contributed by atoms with Crippen molar-refractivity contribution < 1.29 is 301 Å². The Morgan fingerprint density at radius 1 is 0.176 bits per heavy atom. The minimum absolute atomic E-state index is 0.855. The van der Waals surface area contributed by atoms with E-state index in [0.717, 1.165) is 34.6 Å². The highest BCUT2D eigenvalue weighted by molar-refractivity contribution is 5.75. The monoisotopic (exact) mass is 2170 g/mol. The molecule has 12 heterocycles. The van der Waals surface area contributed by atoms with E-state index < -0.39 is 477 Å². The lowest BCUT2D eigenvalue weighted by Crippen LogP contribution is -2.71. The quantitative estimate of drug-likeness (QED) is 0.0272. The molecule has 0 saturated carbocycles. The summed E-state index contributed by atoms with van der Waals surface area (Å²) in [5.74, 6) is -5.14. The van der Waals surface area contributed by atoms with Crippen LogP contribution in [0.3, 0.4) is 0 Å². The zero-order valence-electron chi connectivity index (χ0n) is 79.3. The van der Waals surface area contributed by atoms with E-state index >= 15 is 0 Å². The van der Waals surface area contributed by atoms with Crippen molar-refractivity contribution >= 4 is 29.5 Å². The third-order valence-corrected chi connectivity index (χ3v) is 27.1. The number of carbonyl (C=O) groups is 5. The number of aliphatic hydroxyl groups excluding tert-OH is 33. The molecular formula is C82H137N5O61. The third kappa shape index (κ3) is 26.7. The summed E-state index contributed by atoms with van der Waals surface area (Å²) >= 11 is 0. The predicted molar refractivity (Wildman–Crippen MR) is 453 cm³/mol. The van der Waals surface area contributed by atoms with Gasteiger partial charge in [-0.3, -0.25) is 24.0 Å². The second-order valence-corrected chi connectivity index (χ2v) is 37.3. The lowest BCUT2D eigenvalue weighted by atomic mass is 9.93. The molecule has 0 bridgehead atoms. The fraction of sp³-hybridized carbons (Fsp3) is 0.939. The molecule has 0 aromatic rings. The molecule has 12 saturated heterocycles. The molecule has 856 valence electrons. The van der Waals surface area contributed by atoms with Crippen molar-refractivity contribution in [1.29, 1.82) is 0 Å². The van der Waals surface area contributed by atoms with Gasteiger partial charge in [-0.05, 0) is 0 Å². The molecule has 0 unspecified atom stereocenters. The number of rotatable bonds is 39. The number of carbonyl (C=O) groups excluding carboxylic acids is 5. The predicted octanol–water partition coefficient (Wildman–Crippen LogP) is -26.4. The number of nitrogens with one attached hydrogen (secondary N) is 5. The second kappa shape index (κ2) is 53.4. The molecule has 0 aromatic heterocycles. The first-order chi connectivity index (χ1) is 70.1. The second-order valence-electron chi connectivity index (χ2n) is 37.3. The molecule has 66 nitrogen and oxygen atoms in total. The molecule has 148 heavy (non-hydrogen) atoms. The topological polar surface area (TPSA) is 1030 Å². The Morgan fingerprint density at radius 3 is 0.628 bits per heavy atom. The van der Waals surface area contributed by atoms with Gasteiger partial charge in [0.25, 0.3) is 0 Å². The Hall–Kier alpha value is -4.89. The van der Waals surface area contributed by atoms with Crippen molar-refractivity contribution in [3.05, 3.63) is 0 Å². The van der Waals surface area contributed by atoms with Crippen LogP contribution in [0.2, 0.25) is 0 Å². The van der Waals surface area contributed by atoms with Gasteiger partial charge in [0.05, 0.1) is 79.3 Å². The van der Waals surface area contributed by atoms with Crippen LogP contribution in [-0.4, -0.2) is 645 Å². The van der Waals surface area contributed by atoms with Crippen LogP contribution in [0.25, 0.3) is 0 Å². The molecule has 0 aromatic carbocycles. The van der Waals surface area contributed by atoms with Gasteiger partial charge in [-0.25, -0.2) is 0 Å². The van der Waals surface area contributed by atoms with Crippen LogP contribution in [0.15, 0.2) is 0 Å². The maximum Gasteiger partial charge on any atom is 0.217 e. The first-order valence-electron chi connectivity index (χ1n) is 47.2.